The molecule has 1 aliphatic rings. The van der Waals surface area contributed by atoms with Gasteiger partial charge in [0.05, 0.1) is 13.0 Å². The van der Waals surface area contributed by atoms with E-state index in [1.54, 1.807) is 43.5 Å². The molecular formula is C26H21ClN2O5. The Morgan fingerprint density at radius 2 is 1.88 bits per heavy atom. The lowest BCUT2D eigenvalue weighted by Gasteiger charge is -2.27. The van der Waals surface area contributed by atoms with E-state index < -0.39 is 11.9 Å². The van der Waals surface area contributed by atoms with E-state index in [9.17, 15) is 10.1 Å². The molecule has 2 N–H and O–H groups in total. The zero-order valence-corrected chi connectivity index (χ0v) is 19.3. The monoisotopic (exact) mass is 476 g/mol. The summed E-state index contributed by atoms with van der Waals surface area (Å²) >= 11 is 6.01. The summed E-state index contributed by atoms with van der Waals surface area (Å²) in [5.74, 6) is 0.659. The van der Waals surface area contributed by atoms with Gasteiger partial charge in [-0.2, -0.15) is 5.26 Å². The number of benzene rings is 3. The van der Waals surface area contributed by atoms with Crippen molar-refractivity contribution in [3.05, 3.63) is 93.8 Å². The van der Waals surface area contributed by atoms with E-state index in [1.807, 2.05) is 31.2 Å². The molecule has 3 aromatic rings. The highest BCUT2D eigenvalue weighted by Crippen LogP contribution is 2.45. The van der Waals surface area contributed by atoms with E-state index in [-0.39, 0.29) is 23.8 Å². The zero-order valence-electron chi connectivity index (χ0n) is 18.5. The molecule has 0 bridgehead atoms. The molecule has 0 radical (unpaired) electrons. The van der Waals surface area contributed by atoms with Crippen LogP contribution in [0.4, 0.5) is 0 Å². The first-order valence-electron chi connectivity index (χ1n) is 10.4. The fourth-order valence-corrected chi connectivity index (χ4v) is 3.85. The second kappa shape index (κ2) is 9.77. The van der Waals surface area contributed by atoms with Crippen molar-refractivity contribution in [2.75, 3.05) is 13.7 Å². The number of carbonyl (C=O) groups excluding carboxylic acids is 1. The van der Waals surface area contributed by atoms with Gasteiger partial charge >= 0.3 is 5.97 Å². The maximum Gasteiger partial charge on any atom is 0.349 e. The summed E-state index contributed by atoms with van der Waals surface area (Å²) in [5.41, 5.74) is 8.64. The number of esters is 1. The van der Waals surface area contributed by atoms with Gasteiger partial charge in [-0.1, -0.05) is 35.9 Å². The lowest BCUT2D eigenvalue weighted by molar-refractivity contribution is -0.136. The third kappa shape index (κ3) is 4.63. The van der Waals surface area contributed by atoms with Crippen molar-refractivity contribution in [2.45, 2.75) is 12.8 Å². The van der Waals surface area contributed by atoms with Gasteiger partial charge in [-0.05, 0) is 42.8 Å². The normalized spacial score (nSPS) is 14.5. The van der Waals surface area contributed by atoms with Gasteiger partial charge in [0.2, 0.25) is 5.88 Å². The van der Waals surface area contributed by atoms with Crippen molar-refractivity contribution in [3.8, 4) is 29.1 Å². The van der Waals surface area contributed by atoms with Crippen molar-refractivity contribution in [3.63, 3.8) is 0 Å². The van der Waals surface area contributed by atoms with Crippen LogP contribution in [0.5, 0.6) is 23.0 Å². The van der Waals surface area contributed by atoms with E-state index in [0.29, 0.717) is 27.8 Å². The summed E-state index contributed by atoms with van der Waals surface area (Å²) in [6.45, 7) is 1.56. The van der Waals surface area contributed by atoms with Crippen LogP contribution >= 0.6 is 11.6 Å². The average Bonchev–Trinajstić information content (AvgIpc) is 2.83. The lowest BCUT2D eigenvalue weighted by Crippen LogP contribution is -2.22. The number of fused-ring (bicyclic) bond motifs is 1. The number of para-hydroxylation sites is 1. The minimum atomic E-state index is -0.592. The molecule has 4 rings (SSSR count). The Morgan fingerprint density at radius 1 is 1.12 bits per heavy atom. The Balaban J connectivity index is 1.56. The number of hydrogen-bond donors (Lipinski definition) is 1. The Hall–Kier alpha value is -4.15. The molecule has 1 aliphatic heterocycles. The lowest BCUT2D eigenvalue weighted by atomic mass is 9.83. The van der Waals surface area contributed by atoms with Crippen LogP contribution in [-0.4, -0.2) is 19.7 Å². The topological polar surface area (TPSA) is 104 Å². The van der Waals surface area contributed by atoms with Gasteiger partial charge in [0.25, 0.3) is 0 Å². The van der Waals surface area contributed by atoms with Crippen molar-refractivity contribution < 1.29 is 23.7 Å². The average molecular weight is 477 g/mol. The smallest absolute Gasteiger partial charge is 0.349 e. The van der Waals surface area contributed by atoms with E-state index in [0.717, 1.165) is 11.1 Å². The molecule has 0 spiro atoms. The third-order valence-electron chi connectivity index (χ3n) is 5.36. The number of halogens is 1. The molecule has 0 aliphatic carbocycles. The summed E-state index contributed by atoms with van der Waals surface area (Å²) in [4.78, 5) is 12.3. The minimum Gasteiger partial charge on any atom is -0.496 e. The molecule has 172 valence electrons. The first-order valence-corrected chi connectivity index (χ1v) is 10.7. The SMILES string of the molecule is COc1ccccc1C1C(C#N)=C(N)Oc2cc(OC(=O)COc3ccc(Cl)c(C)c3)ccc21. The van der Waals surface area contributed by atoms with Crippen molar-refractivity contribution in [1.82, 2.24) is 0 Å². The highest BCUT2D eigenvalue weighted by atomic mass is 35.5. The summed E-state index contributed by atoms with van der Waals surface area (Å²) in [6, 6.07) is 19.6. The van der Waals surface area contributed by atoms with Crippen molar-refractivity contribution >= 4 is 17.6 Å². The molecule has 8 heteroatoms. The quantitative estimate of drug-likeness (QED) is 0.400. The Morgan fingerprint density at radius 3 is 2.62 bits per heavy atom. The predicted octanol–water partition coefficient (Wildman–Crippen LogP) is 4.86. The van der Waals surface area contributed by atoms with Gasteiger partial charge in [-0.15, -0.1) is 0 Å². The molecule has 3 aromatic carbocycles. The first kappa shape index (κ1) is 23.0. The van der Waals surface area contributed by atoms with Crippen LogP contribution in [-0.2, 0) is 4.79 Å². The number of nitrogens with zero attached hydrogens (tertiary/aromatic N) is 1. The van der Waals surface area contributed by atoms with Gasteiger partial charge in [-0.25, -0.2) is 4.79 Å². The fraction of sp³-hybridized carbons (Fsp3) is 0.154. The molecule has 0 saturated heterocycles. The number of ether oxygens (including phenoxy) is 4. The van der Waals surface area contributed by atoms with Crippen LogP contribution in [0.1, 0.15) is 22.6 Å². The molecule has 1 atom stereocenters. The standard InChI is InChI=1S/C26H21ClN2O5/c1-15-11-16(8-10-21(15)27)32-14-24(30)33-17-7-9-19-23(12-17)34-26(29)20(13-28)25(19)18-5-3-4-6-22(18)31-2/h3-12,25H,14,29H2,1-2H3. The van der Waals surface area contributed by atoms with Crippen LogP contribution in [0, 0.1) is 18.3 Å². The van der Waals surface area contributed by atoms with Crippen LogP contribution in [0.2, 0.25) is 5.02 Å². The van der Waals surface area contributed by atoms with Gasteiger partial charge in [-0.3, -0.25) is 0 Å². The molecule has 1 unspecified atom stereocenters. The number of methoxy groups -OCH3 is 1. The van der Waals surface area contributed by atoms with Crippen LogP contribution < -0.4 is 24.7 Å². The molecule has 7 nitrogen and oxygen atoms in total. The highest BCUT2D eigenvalue weighted by molar-refractivity contribution is 6.31. The molecule has 0 fully saturated rings. The van der Waals surface area contributed by atoms with E-state index >= 15 is 0 Å². The Labute approximate surface area is 201 Å². The predicted molar refractivity (Wildman–Crippen MR) is 126 cm³/mol. The number of rotatable bonds is 6. The summed E-state index contributed by atoms with van der Waals surface area (Å²) in [6.07, 6.45) is 0. The number of nitrogens with two attached hydrogens (primary N) is 1. The van der Waals surface area contributed by atoms with E-state index in [1.165, 1.54) is 0 Å². The molecular weight excluding hydrogens is 456 g/mol. The largest absolute Gasteiger partial charge is 0.496 e. The highest BCUT2D eigenvalue weighted by Gasteiger charge is 2.32. The fourth-order valence-electron chi connectivity index (χ4n) is 3.73. The van der Waals surface area contributed by atoms with Crippen LogP contribution in [0.15, 0.2) is 72.1 Å². The summed E-state index contributed by atoms with van der Waals surface area (Å²) in [7, 11) is 1.56. The third-order valence-corrected chi connectivity index (χ3v) is 5.78. The summed E-state index contributed by atoms with van der Waals surface area (Å²) in [5, 5.41) is 10.4. The Kier molecular flexibility index (Phi) is 6.62. The van der Waals surface area contributed by atoms with Gasteiger partial charge < -0.3 is 24.7 Å². The van der Waals surface area contributed by atoms with Crippen LogP contribution in [0.25, 0.3) is 0 Å². The number of allylic oxidation sites excluding steroid dienone is 1. The van der Waals surface area contributed by atoms with Gasteiger partial charge in [0.15, 0.2) is 6.61 Å². The maximum absolute atomic E-state index is 12.3. The van der Waals surface area contributed by atoms with Crippen molar-refractivity contribution in [2.24, 2.45) is 5.73 Å². The van der Waals surface area contributed by atoms with Gasteiger partial charge in [0.1, 0.15) is 34.6 Å². The second-order valence-electron chi connectivity index (χ2n) is 7.54. The Bertz CT molecular complexity index is 1330. The molecule has 0 saturated carbocycles. The molecule has 1 heterocycles. The second-order valence-corrected chi connectivity index (χ2v) is 7.95. The summed E-state index contributed by atoms with van der Waals surface area (Å²) < 4.78 is 22.1. The maximum atomic E-state index is 12.3. The zero-order chi connectivity index (χ0) is 24.2. The van der Waals surface area contributed by atoms with Crippen molar-refractivity contribution in [1.29, 1.82) is 5.26 Å². The minimum absolute atomic E-state index is 0.0178. The van der Waals surface area contributed by atoms with Gasteiger partial charge in [0, 0.05) is 22.2 Å². The molecule has 0 amide bonds. The van der Waals surface area contributed by atoms with Crippen LogP contribution in [0.3, 0.4) is 0 Å². The first-order chi connectivity index (χ1) is 16.4. The number of nitriles is 1. The van der Waals surface area contributed by atoms with E-state index in [2.05, 4.69) is 6.07 Å². The number of hydrogen-bond acceptors (Lipinski definition) is 7. The molecule has 0 aromatic heterocycles. The molecule has 34 heavy (non-hydrogen) atoms. The number of aryl methyl sites for hydroxylation is 1. The number of carbonyl (C=O) groups is 1. The van der Waals surface area contributed by atoms with E-state index in [4.69, 9.17) is 36.3 Å².